The summed E-state index contributed by atoms with van der Waals surface area (Å²) in [7, 11) is 0. The Kier molecular flexibility index (Phi) is 5.21. The molecule has 0 aromatic heterocycles. The zero-order chi connectivity index (χ0) is 14.5. The van der Waals surface area contributed by atoms with Crippen molar-refractivity contribution in [3.63, 3.8) is 0 Å². The first-order valence-electron chi connectivity index (χ1n) is 6.57. The van der Waals surface area contributed by atoms with Crippen molar-refractivity contribution in [3.8, 4) is 5.75 Å². The van der Waals surface area contributed by atoms with Gasteiger partial charge in [-0.2, -0.15) is 0 Å². The van der Waals surface area contributed by atoms with Crippen LogP contribution in [0, 0.1) is 0 Å². The first-order chi connectivity index (χ1) is 8.80. The van der Waals surface area contributed by atoms with Gasteiger partial charge in [0.2, 0.25) is 0 Å². The molecule has 0 aliphatic heterocycles. The highest BCUT2D eigenvalue weighted by Gasteiger charge is 2.16. The van der Waals surface area contributed by atoms with Crippen LogP contribution in [0.3, 0.4) is 0 Å². The number of carbonyl (C=O) groups excluding carboxylic acids is 1. The standard InChI is InChI=1S/C15H23NO3/c1-6-11(2)18-13-9-7-12(8-10-13)16-14(17)19-15(3,4)5/h7-11H,6H2,1-5H3,(H,16,17). The van der Waals surface area contributed by atoms with E-state index in [2.05, 4.69) is 12.2 Å². The lowest BCUT2D eigenvalue weighted by molar-refractivity contribution is 0.0636. The Morgan fingerprint density at radius 1 is 1.26 bits per heavy atom. The van der Waals surface area contributed by atoms with Crippen LogP contribution in [0.1, 0.15) is 41.0 Å². The topological polar surface area (TPSA) is 47.6 Å². The molecule has 0 saturated carbocycles. The van der Waals surface area contributed by atoms with Crippen molar-refractivity contribution >= 4 is 11.8 Å². The van der Waals surface area contributed by atoms with Gasteiger partial charge < -0.3 is 9.47 Å². The van der Waals surface area contributed by atoms with Gasteiger partial charge in [0, 0.05) is 5.69 Å². The van der Waals surface area contributed by atoms with E-state index < -0.39 is 11.7 Å². The Bertz CT molecular complexity index is 406. The van der Waals surface area contributed by atoms with Crippen LogP contribution in [0.25, 0.3) is 0 Å². The van der Waals surface area contributed by atoms with E-state index in [9.17, 15) is 4.79 Å². The van der Waals surface area contributed by atoms with E-state index in [0.29, 0.717) is 5.69 Å². The van der Waals surface area contributed by atoms with Crippen LogP contribution in [0.15, 0.2) is 24.3 Å². The summed E-state index contributed by atoms with van der Waals surface area (Å²) in [5.41, 5.74) is 0.190. The average Bonchev–Trinajstić information content (AvgIpc) is 2.29. The molecule has 0 radical (unpaired) electrons. The van der Waals surface area contributed by atoms with Gasteiger partial charge in [-0.3, -0.25) is 5.32 Å². The number of nitrogens with one attached hydrogen (secondary N) is 1. The summed E-state index contributed by atoms with van der Waals surface area (Å²) >= 11 is 0. The van der Waals surface area contributed by atoms with Gasteiger partial charge in [0.25, 0.3) is 0 Å². The molecule has 0 spiro atoms. The fraction of sp³-hybridized carbons (Fsp3) is 0.533. The zero-order valence-electron chi connectivity index (χ0n) is 12.3. The lowest BCUT2D eigenvalue weighted by atomic mass is 10.2. The summed E-state index contributed by atoms with van der Waals surface area (Å²) in [6.45, 7) is 9.58. The third-order valence-corrected chi connectivity index (χ3v) is 2.41. The van der Waals surface area contributed by atoms with Gasteiger partial charge in [-0.25, -0.2) is 4.79 Å². The number of anilines is 1. The van der Waals surface area contributed by atoms with Gasteiger partial charge >= 0.3 is 6.09 Å². The maximum atomic E-state index is 11.6. The van der Waals surface area contributed by atoms with Crippen molar-refractivity contribution in [2.45, 2.75) is 52.7 Å². The number of ether oxygens (including phenoxy) is 2. The van der Waals surface area contributed by atoms with E-state index in [1.807, 2.05) is 39.8 Å². The Hall–Kier alpha value is -1.71. The third kappa shape index (κ3) is 6.13. The summed E-state index contributed by atoms with van der Waals surface area (Å²) in [4.78, 5) is 11.6. The molecule has 19 heavy (non-hydrogen) atoms. The van der Waals surface area contributed by atoms with Crippen molar-refractivity contribution < 1.29 is 14.3 Å². The number of hydrogen-bond acceptors (Lipinski definition) is 3. The van der Waals surface area contributed by atoms with Gasteiger partial charge in [0.1, 0.15) is 11.4 Å². The molecule has 0 saturated heterocycles. The summed E-state index contributed by atoms with van der Waals surface area (Å²) in [6.07, 6.45) is 0.686. The lowest BCUT2D eigenvalue weighted by Gasteiger charge is -2.19. The summed E-state index contributed by atoms with van der Waals surface area (Å²) in [5.74, 6) is 0.795. The van der Waals surface area contributed by atoms with Crippen LogP contribution in [-0.2, 0) is 4.74 Å². The largest absolute Gasteiger partial charge is 0.491 e. The quantitative estimate of drug-likeness (QED) is 0.887. The number of benzene rings is 1. The lowest BCUT2D eigenvalue weighted by Crippen LogP contribution is -2.27. The number of carbonyl (C=O) groups is 1. The molecule has 1 aromatic rings. The monoisotopic (exact) mass is 265 g/mol. The maximum Gasteiger partial charge on any atom is 0.412 e. The van der Waals surface area contributed by atoms with Crippen molar-refractivity contribution in [1.29, 1.82) is 0 Å². The SMILES string of the molecule is CCC(C)Oc1ccc(NC(=O)OC(C)(C)C)cc1. The molecule has 1 unspecified atom stereocenters. The third-order valence-electron chi connectivity index (χ3n) is 2.41. The van der Waals surface area contributed by atoms with Crippen LogP contribution in [-0.4, -0.2) is 17.8 Å². The highest BCUT2D eigenvalue weighted by Crippen LogP contribution is 2.18. The fourth-order valence-electron chi connectivity index (χ4n) is 1.35. The second kappa shape index (κ2) is 6.45. The van der Waals surface area contributed by atoms with Gasteiger partial charge in [-0.1, -0.05) is 6.92 Å². The molecule has 4 nitrogen and oxygen atoms in total. The van der Waals surface area contributed by atoms with Crippen molar-refractivity contribution in [2.24, 2.45) is 0 Å². The first-order valence-corrected chi connectivity index (χ1v) is 6.57. The Morgan fingerprint density at radius 3 is 2.32 bits per heavy atom. The Labute approximate surface area is 115 Å². The normalized spacial score (nSPS) is 12.7. The molecule has 0 aliphatic carbocycles. The highest BCUT2D eigenvalue weighted by molar-refractivity contribution is 5.84. The molecule has 1 amide bonds. The second-order valence-electron chi connectivity index (χ2n) is 5.49. The molecule has 0 fully saturated rings. The van der Waals surface area contributed by atoms with E-state index in [4.69, 9.17) is 9.47 Å². The van der Waals surface area contributed by atoms with Crippen molar-refractivity contribution in [3.05, 3.63) is 24.3 Å². The molecule has 0 heterocycles. The van der Waals surface area contributed by atoms with Crippen LogP contribution < -0.4 is 10.1 Å². The fourth-order valence-corrected chi connectivity index (χ4v) is 1.35. The molecule has 0 bridgehead atoms. The van der Waals surface area contributed by atoms with E-state index in [1.165, 1.54) is 0 Å². The van der Waals surface area contributed by atoms with Gasteiger partial charge in [0.15, 0.2) is 0 Å². The van der Waals surface area contributed by atoms with Crippen molar-refractivity contribution in [1.82, 2.24) is 0 Å². The minimum absolute atomic E-state index is 0.185. The van der Waals surface area contributed by atoms with E-state index in [1.54, 1.807) is 12.1 Å². The molecule has 0 aliphatic rings. The summed E-state index contributed by atoms with van der Waals surface area (Å²) in [5, 5.41) is 2.68. The molecule has 4 heteroatoms. The first kappa shape index (κ1) is 15.3. The molecular weight excluding hydrogens is 242 g/mol. The van der Waals surface area contributed by atoms with Crippen LogP contribution in [0.4, 0.5) is 10.5 Å². The van der Waals surface area contributed by atoms with Crippen LogP contribution >= 0.6 is 0 Å². The molecule has 1 rings (SSSR count). The summed E-state index contributed by atoms with van der Waals surface area (Å²) in [6, 6.07) is 7.25. The van der Waals surface area contributed by atoms with E-state index >= 15 is 0 Å². The molecule has 106 valence electrons. The number of hydrogen-bond donors (Lipinski definition) is 1. The van der Waals surface area contributed by atoms with Crippen molar-refractivity contribution in [2.75, 3.05) is 5.32 Å². The molecule has 1 N–H and O–H groups in total. The zero-order valence-corrected chi connectivity index (χ0v) is 12.3. The minimum atomic E-state index is -0.496. The predicted octanol–water partition coefficient (Wildman–Crippen LogP) is 4.21. The predicted molar refractivity (Wildman–Crippen MR) is 76.7 cm³/mol. The smallest absolute Gasteiger partial charge is 0.412 e. The molecular formula is C15H23NO3. The number of amides is 1. The van der Waals surface area contributed by atoms with Crippen LogP contribution in [0.2, 0.25) is 0 Å². The minimum Gasteiger partial charge on any atom is -0.491 e. The Morgan fingerprint density at radius 2 is 1.84 bits per heavy atom. The average molecular weight is 265 g/mol. The maximum absolute atomic E-state index is 11.6. The Balaban J connectivity index is 2.55. The summed E-state index contributed by atoms with van der Waals surface area (Å²) < 4.78 is 10.8. The molecule has 1 atom stereocenters. The van der Waals surface area contributed by atoms with Gasteiger partial charge in [-0.05, 0) is 58.4 Å². The van der Waals surface area contributed by atoms with Gasteiger partial charge in [0.05, 0.1) is 6.10 Å². The second-order valence-corrected chi connectivity index (χ2v) is 5.49. The number of rotatable bonds is 4. The molecule has 1 aromatic carbocycles. The van der Waals surface area contributed by atoms with Gasteiger partial charge in [-0.15, -0.1) is 0 Å². The van der Waals surface area contributed by atoms with E-state index in [0.717, 1.165) is 12.2 Å². The van der Waals surface area contributed by atoms with E-state index in [-0.39, 0.29) is 6.10 Å². The van der Waals surface area contributed by atoms with Crippen LogP contribution in [0.5, 0.6) is 5.75 Å². The highest BCUT2D eigenvalue weighted by atomic mass is 16.6.